The first-order chi connectivity index (χ1) is 9.62. The molecule has 2 nitrogen and oxygen atoms in total. The molecule has 0 aromatic heterocycles. The van der Waals surface area contributed by atoms with Gasteiger partial charge in [-0.3, -0.25) is 4.79 Å². The first-order valence-corrected chi connectivity index (χ1v) is 7.53. The van der Waals surface area contributed by atoms with E-state index in [2.05, 4.69) is 0 Å². The highest BCUT2D eigenvalue weighted by Crippen LogP contribution is 2.48. The third-order valence-corrected chi connectivity index (χ3v) is 5.22. The van der Waals surface area contributed by atoms with Gasteiger partial charge in [-0.05, 0) is 42.9 Å². The van der Waals surface area contributed by atoms with Crippen LogP contribution >= 0.6 is 0 Å². The molecule has 2 atom stereocenters. The maximum Gasteiger partial charge on any atom is 0.146 e. The van der Waals surface area contributed by atoms with Gasteiger partial charge in [0.15, 0.2) is 0 Å². The Hall–Kier alpha value is -1.38. The zero-order chi connectivity index (χ0) is 14.3. The number of rotatable bonds is 2. The van der Waals surface area contributed by atoms with Gasteiger partial charge >= 0.3 is 0 Å². The summed E-state index contributed by atoms with van der Waals surface area (Å²) in [5.74, 6) is 0.645. The van der Waals surface area contributed by atoms with Gasteiger partial charge in [0.05, 0.1) is 12.5 Å². The van der Waals surface area contributed by atoms with Gasteiger partial charge in [0.25, 0.3) is 0 Å². The third kappa shape index (κ3) is 1.79. The van der Waals surface area contributed by atoms with Gasteiger partial charge in [-0.25, -0.2) is 4.39 Å². The van der Waals surface area contributed by atoms with Gasteiger partial charge in [-0.1, -0.05) is 19.8 Å². The van der Waals surface area contributed by atoms with Crippen LogP contribution in [0.1, 0.15) is 50.2 Å². The molecule has 0 spiro atoms. The van der Waals surface area contributed by atoms with Crippen LogP contribution in [0.4, 0.5) is 4.39 Å². The van der Waals surface area contributed by atoms with Crippen molar-refractivity contribution in [2.75, 3.05) is 7.11 Å². The molecular formula is C17H21FO2. The van der Waals surface area contributed by atoms with Crippen molar-refractivity contribution >= 4 is 5.78 Å². The summed E-state index contributed by atoms with van der Waals surface area (Å²) in [4.78, 5) is 12.9. The molecule has 0 radical (unpaired) electrons. The van der Waals surface area contributed by atoms with E-state index < -0.39 is 5.41 Å². The average molecular weight is 276 g/mol. The molecular weight excluding hydrogens is 255 g/mol. The zero-order valence-electron chi connectivity index (χ0n) is 12.2. The van der Waals surface area contributed by atoms with E-state index >= 15 is 0 Å². The van der Waals surface area contributed by atoms with E-state index in [4.69, 9.17) is 4.74 Å². The zero-order valence-corrected chi connectivity index (χ0v) is 12.2. The molecule has 108 valence electrons. The maximum atomic E-state index is 14.4. The number of hydrogen-bond acceptors (Lipinski definition) is 2. The van der Waals surface area contributed by atoms with Crippen LogP contribution in [0.25, 0.3) is 0 Å². The van der Waals surface area contributed by atoms with Crippen molar-refractivity contribution in [3.05, 3.63) is 29.1 Å². The highest BCUT2D eigenvalue weighted by atomic mass is 19.1. The minimum Gasteiger partial charge on any atom is -0.497 e. The number of Topliss-reactive ketones (excluding diaryl/α,β-unsaturated/α-hetero) is 1. The standard InChI is InChI=1S/C17H21FO2/c1-3-17-7-5-4-6-11(16(17)19)8-13-14(17)9-12(20-2)10-15(13)18/h9-11H,3-8H2,1-2H3. The van der Waals surface area contributed by atoms with Gasteiger partial charge in [0.2, 0.25) is 0 Å². The summed E-state index contributed by atoms with van der Waals surface area (Å²) >= 11 is 0. The molecule has 3 heteroatoms. The second-order valence-corrected chi connectivity index (χ2v) is 6.08. The number of carbonyl (C=O) groups excluding carboxylic acids is 1. The van der Waals surface area contributed by atoms with E-state index in [-0.39, 0.29) is 11.7 Å². The molecule has 2 unspecified atom stereocenters. The van der Waals surface area contributed by atoms with E-state index in [1.165, 1.54) is 6.07 Å². The number of methoxy groups -OCH3 is 1. The number of benzene rings is 1. The maximum absolute atomic E-state index is 14.4. The van der Waals surface area contributed by atoms with E-state index in [0.29, 0.717) is 18.0 Å². The Bertz CT molecular complexity index is 552. The van der Waals surface area contributed by atoms with E-state index in [9.17, 15) is 9.18 Å². The lowest BCUT2D eigenvalue weighted by Gasteiger charge is -2.39. The second-order valence-electron chi connectivity index (χ2n) is 6.08. The van der Waals surface area contributed by atoms with Crippen LogP contribution in [0.15, 0.2) is 12.1 Å². The van der Waals surface area contributed by atoms with Gasteiger partial charge in [-0.15, -0.1) is 0 Å². The molecule has 2 aliphatic carbocycles. The minimum absolute atomic E-state index is 0.00726. The molecule has 1 aromatic rings. The first-order valence-electron chi connectivity index (χ1n) is 7.53. The summed E-state index contributed by atoms with van der Waals surface area (Å²) in [5, 5.41) is 0. The van der Waals surface area contributed by atoms with Crippen molar-refractivity contribution in [1.82, 2.24) is 0 Å². The molecule has 1 aromatic carbocycles. The number of ether oxygens (including phenoxy) is 1. The number of halogens is 1. The fourth-order valence-electron chi connectivity index (χ4n) is 4.08. The van der Waals surface area contributed by atoms with Crippen LogP contribution in [-0.2, 0) is 16.6 Å². The number of carbonyl (C=O) groups is 1. The molecule has 0 aliphatic heterocycles. The molecule has 20 heavy (non-hydrogen) atoms. The number of hydrogen-bond donors (Lipinski definition) is 0. The molecule has 2 bridgehead atoms. The molecule has 1 saturated carbocycles. The van der Waals surface area contributed by atoms with Crippen LogP contribution in [0.3, 0.4) is 0 Å². The average Bonchev–Trinajstić information content (AvgIpc) is 2.56. The van der Waals surface area contributed by atoms with Crippen LogP contribution in [0.5, 0.6) is 5.75 Å². The first kappa shape index (κ1) is 13.6. The van der Waals surface area contributed by atoms with E-state index in [1.807, 2.05) is 13.0 Å². The quantitative estimate of drug-likeness (QED) is 0.821. The molecule has 1 fully saturated rings. The van der Waals surface area contributed by atoms with Crippen LogP contribution in [0, 0.1) is 11.7 Å². The minimum atomic E-state index is -0.482. The summed E-state index contributed by atoms with van der Waals surface area (Å²) in [6, 6.07) is 3.34. The number of fused-ring (bicyclic) bond motifs is 4. The normalized spacial score (nSPS) is 28.8. The Labute approximate surface area is 119 Å². The van der Waals surface area contributed by atoms with Crippen LogP contribution < -0.4 is 4.74 Å². The Balaban J connectivity index is 2.24. The van der Waals surface area contributed by atoms with Crippen LogP contribution in [0.2, 0.25) is 0 Å². The predicted octanol–water partition coefficient (Wildman–Crippen LogP) is 3.80. The Morgan fingerprint density at radius 3 is 2.90 bits per heavy atom. The molecule has 0 saturated heterocycles. The summed E-state index contributed by atoms with van der Waals surface area (Å²) < 4.78 is 19.6. The lowest BCUT2D eigenvalue weighted by Crippen LogP contribution is -2.44. The highest BCUT2D eigenvalue weighted by molar-refractivity contribution is 5.94. The fourth-order valence-corrected chi connectivity index (χ4v) is 4.08. The van der Waals surface area contributed by atoms with Gasteiger partial charge < -0.3 is 4.74 Å². The topological polar surface area (TPSA) is 26.3 Å². The van der Waals surface area contributed by atoms with Crippen molar-refractivity contribution in [3.63, 3.8) is 0 Å². The summed E-state index contributed by atoms with van der Waals surface area (Å²) in [6.45, 7) is 2.05. The SMILES string of the molecule is CCC12CCCCC(Cc3c(F)cc(OC)cc31)C2=O. The van der Waals surface area contributed by atoms with Gasteiger partial charge in [0, 0.05) is 12.0 Å². The van der Waals surface area contributed by atoms with Crippen molar-refractivity contribution in [2.45, 2.75) is 50.9 Å². The summed E-state index contributed by atoms with van der Waals surface area (Å²) in [7, 11) is 1.54. The predicted molar refractivity (Wildman–Crippen MR) is 75.6 cm³/mol. The summed E-state index contributed by atoms with van der Waals surface area (Å²) in [5.41, 5.74) is 1.16. The lowest BCUT2D eigenvalue weighted by molar-refractivity contribution is -0.129. The highest BCUT2D eigenvalue weighted by Gasteiger charge is 2.48. The monoisotopic (exact) mass is 276 g/mol. The molecule has 0 amide bonds. The molecule has 0 N–H and O–H groups in total. The van der Waals surface area contributed by atoms with Crippen molar-refractivity contribution < 1.29 is 13.9 Å². The third-order valence-electron chi connectivity index (χ3n) is 5.22. The molecule has 3 rings (SSSR count). The Morgan fingerprint density at radius 1 is 1.40 bits per heavy atom. The smallest absolute Gasteiger partial charge is 0.146 e. The lowest BCUT2D eigenvalue weighted by atomic mass is 9.62. The van der Waals surface area contributed by atoms with Crippen molar-refractivity contribution in [1.29, 1.82) is 0 Å². The second kappa shape index (κ2) is 4.87. The van der Waals surface area contributed by atoms with Crippen molar-refractivity contribution in [2.24, 2.45) is 5.92 Å². The fraction of sp³-hybridized carbons (Fsp3) is 0.588. The van der Waals surface area contributed by atoms with Crippen molar-refractivity contribution in [3.8, 4) is 5.75 Å². The Kier molecular flexibility index (Phi) is 3.31. The van der Waals surface area contributed by atoms with Crippen LogP contribution in [-0.4, -0.2) is 12.9 Å². The Morgan fingerprint density at radius 2 is 2.20 bits per heavy atom. The van der Waals surface area contributed by atoms with E-state index in [0.717, 1.165) is 43.2 Å². The summed E-state index contributed by atoms with van der Waals surface area (Å²) in [6.07, 6.45) is 5.19. The van der Waals surface area contributed by atoms with Gasteiger partial charge in [0.1, 0.15) is 17.3 Å². The van der Waals surface area contributed by atoms with E-state index in [1.54, 1.807) is 7.11 Å². The molecule has 2 aliphatic rings. The molecule has 0 heterocycles. The van der Waals surface area contributed by atoms with Gasteiger partial charge in [-0.2, -0.15) is 0 Å². The number of ketones is 1. The largest absolute Gasteiger partial charge is 0.497 e.